The van der Waals surface area contributed by atoms with Crippen LogP contribution in [0.15, 0.2) is 0 Å². The van der Waals surface area contributed by atoms with E-state index in [1.165, 1.54) is 0 Å². The maximum atomic E-state index is 5.83. The van der Waals surface area contributed by atoms with Crippen molar-refractivity contribution in [1.29, 1.82) is 0 Å². The third-order valence-electron chi connectivity index (χ3n) is 1.87. The topological polar surface area (TPSA) is 50.1 Å². The number of nitrogens with two attached hydrogens (primary N) is 1. The molecule has 3 heteroatoms. The first-order valence-electron chi connectivity index (χ1n) is 3.70. The highest BCUT2D eigenvalue weighted by Crippen LogP contribution is 2.08. The molecule has 0 aromatic rings. The highest BCUT2D eigenvalue weighted by Gasteiger charge is 2.30. The molecule has 0 aliphatic carbocycles. The van der Waals surface area contributed by atoms with Gasteiger partial charge in [0.1, 0.15) is 0 Å². The van der Waals surface area contributed by atoms with Gasteiger partial charge in [-0.2, -0.15) is 0 Å². The molecular formula is C7H17N3. The molecule has 3 nitrogen and oxygen atoms in total. The summed E-state index contributed by atoms with van der Waals surface area (Å²) >= 11 is 0. The standard InChI is InChI=1S/C7H17N3/c1-6(2)4-10-7(3,8)5-9-6/h9-10H,4-5,8H2,1-3H3. The van der Waals surface area contributed by atoms with Gasteiger partial charge in [-0.15, -0.1) is 0 Å². The Morgan fingerprint density at radius 1 is 1.10 bits per heavy atom. The van der Waals surface area contributed by atoms with Gasteiger partial charge in [0.2, 0.25) is 0 Å². The van der Waals surface area contributed by atoms with E-state index in [-0.39, 0.29) is 11.2 Å². The molecule has 1 atom stereocenters. The molecule has 0 aromatic heterocycles. The SMILES string of the molecule is CC1(C)CNC(C)(N)CN1. The summed E-state index contributed by atoms with van der Waals surface area (Å²) in [6.07, 6.45) is 0. The third kappa shape index (κ3) is 1.94. The van der Waals surface area contributed by atoms with Gasteiger partial charge in [-0.1, -0.05) is 0 Å². The summed E-state index contributed by atoms with van der Waals surface area (Å²) in [6.45, 7) is 8.08. The normalized spacial score (nSPS) is 39.6. The summed E-state index contributed by atoms with van der Waals surface area (Å²) in [7, 11) is 0. The Labute approximate surface area is 62.4 Å². The molecule has 1 heterocycles. The molecule has 60 valence electrons. The van der Waals surface area contributed by atoms with E-state index in [1.807, 2.05) is 6.92 Å². The Bertz CT molecular complexity index is 101. The van der Waals surface area contributed by atoms with Crippen LogP contribution in [0.2, 0.25) is 0 Å². The molecule has 1 aliphatic heterocycles. The van der Waals surface area contributed by atoms with E-state index < -0.39 is 0 Å². The fourth-order valence-corrected chi connectivity index (χ4v) is 0.971. The molecule has 1 unspecified atom stereocenters. The first kappa shape index (κ1) is 7.98. The summed E-state index contributed by atoms with van der Waals surface area (Å²) in [5, 5.41) is 6.62. The number of rotatable bonds is 0. The first-order valence-corrected chi connectivity index (χ1v) is 3.70. The average Bonchev–Trinajstić information content (AvgIpc) is 1.79. The lowest BCUT2D eigenvalue weighted by molar-refractivity contribution is 0.209. The average molecular weight is 143 g/mol. The first-order chi connectivity index (χ1) is 4.41. The predicted octanol–water partition coefficient (Wildman–Crippen LogP) is -0.367. The molecule has 1 aliphatic rings. The van der Waals surface area contributed by atoms with Crippen molar-refractivity contribution in [3.8, 4) is 0 Å². The van der Waals surface area contributed by atoms with E-state index in [9.17, 15) is 0 Å². The molecule has 0 radical (unpaired) electrons. The molecule has 1 saturated heterocycles. The monoisotopic (exact) mass is 143 g/mol. The zero-order valence-electron chi connectivity index (χ0n) is 6.99. The van der Waals surface area contributed by atoms with E-state index >= 15 is 0 Å². The van der Waals surface area contributed by atoms with E-state index in [4.69, 9.17) is 5.73 Å². The second kappa shape index (κ2) is 2.19. The van der Waals surface area contributed by atoms with Crippen LogP contribution >= 0.6 is 0 Å². The Morgan fingerprint density at radius 2 is 1.70 bits per heavy atom. The van der Waals surface area contributed by atoms with Crippen LogP contribution in [0.1, 0.15) is 20.8 Å². The fourth-order valence-electron chi connectivity index (χ4n) is 0.971. The highest BCUT2D eigenvalue weighted by atomic mass is 15.2. The number of piperazine rings is 1. The van der Waals surface area contributed by atoms with Gasteiger partial charge in [0.15, 0.2) is 0 Å². The Morgan fingerprint density at radius 3 is 2.00 bits per heavy atom. The second-order valence-corrected chi connectivity index (χ2v) is 4.01. The maximum absolute atomic E-state index is 5.83. The summed E-state index contributed by atoms with van der Waals surface area (Å²) in [5.74, 6) is 0. The minimum atomic E-state index is -0.227. The van der Waals surface area contributed by atoms with Gasteiger partial charge in [0, 0.05) is 18.6 Å². The van der Waals surface area contributed by atoms with Gasteiger partial charge in [0.25, 0.3) is 0 Å². The van der Waals surface area contributed by atoms with Crippen LogP contribution < -0.4 is 16.4 Å². The lowest BCUT2D eigenvalue weighted by Gasteiger charge is -2.41. The Kier molecular flexibility index (Phi) is 1.75. The Balaban J connectivity index is 2.46. The number of hydrogen-bond donors (Lipinski definition) is 3. The maximum Gasteiger partial charge on any atom is 0.0761 e. The van der Waals surface area contributed by atoms with Gasteiger partial charge in [0.05, 0.1) is 5.66 Å². The lowest BCUT2D eigenvalue weighted by Crippen LogP contribution is -2.69. The zero-order valence-corrected chi connectivity index (χ0v) is 6.99. The minimum Gasteiger partial charge on any atom is -0.312 e. The second-order valence-electron chi connectivity index (χ2n) is 4.01. The molecule has 0 saturated carbocycles. The van der Waals surface area contributed by atoms with Gasteiger partial charge in [-0.3, -0.25) is 5.32 Å². The van der Waals surface area contributed by atoms with E-state index in [0.717, 1.165) is 13.1 Å². The largest absolute Gasteiger partial charge is 0.312 e. The summed E-state index contributed by atoms with van der Waals surface area (Å²) in [4.78, 5) is 0. The van der Waals surface area contributed by atoms with Crippen LogP contribution in [0, 0.1) is 0 Å². The molecule has 4 N–H and O–H groups in total. The molecule has 1 rings (SSSR count). The van der Waals surface area contributed by atoms with Crippen LogP contribution in [0.25, 0.3) is 0 Å². The number of nitrogens with one attached hydrogen (secondary N) is 2. The lowest BCUT2D eigenvalue weighted by atomic mass is 9.99. The van der Waals surface area contributed by atoms with Crippen molar-refractivity contribution < 1.29 is 0 Å². The quantitative estimate of drug-likeness (QED) is 0.434. The van der Waals surface area contributed by atoms with Crippen molar-refractivity contribution in [1.82, 2.24) is 10.6 Å². The molecule has 0 bridgehead atoms. The molecule has 0 amide bonds. The molecule has 10 heavy (non-hydrogen) atoms. The van der Waals surface area contributed by atoms with Crippen molar-refractivity contribution in [3.63, 3.8) is 0 Å². The van der Waals surface area contributed by atoms with Crippen molar-refractivity contribution in [2.45, 2.75) is 32.0 Å². The van der Waals surface area contributed by atoms with Crippen molar-refractivity contribution in [2.24, 2.45) is 5.73 Å². The van der Waals surface area contributed by atoms with Gasteiger partial charge in [-0.05, 0) is 20.8 Å². The van der Waals surface area contributed by atoms with Crippen LogP contribution in [-0.2, 0) is 0 Å². The summed E-state index contributed by atoms with van der Waals surface area (Å²) < 4.78 is 0. The zero-order chi connectivity index (χ0) is 7.83. The van der Waals surface area contributed by atoms with E-state index in [0.29, 0.717) is 0 Å². The van der Waals surface area contributed by atoms with E-state index in [2.05, 4.69) is 24.5 Å². The van der Waals surface area contributed by atoms with Gasteiger partial charge in [-0.25, -0.2) is 0 Å². The molecular weight excluding hydrogens is 126 g/mol. The van der Waals surface area contributed by atoms with Gasteiger partial charge < -0.3 is 11.1 Å². The van der Waals surface area contributed by atoms with E-state index in [1.54, 1.807) is 0 Å². The summed E-state index contributed by atoms with van der Waals surface area (Å²) in [6, 6.07) is 0. The third-order valence-corrected chi connectivity index (χ3v) is 1.87. The molecule has 0 spiro atoms. The Hall–Kier alpha value is -0.120. The highest BCUT2D eigenvalue weighted by molar-refractivity contribution is 4.93. The molecule has 0 aromatic carbocycles. The van der Waals surface area contributed by atoms with Crippen molar-refractivity contribution in [3.05, 3.63) is 0 Å². The summed E-state index contributed by atoms with van der Waals surface area (Å²) in [5.41, 5.74) is 5.79. The van der Waals surface area contributed by atoms with Crippen molar-refractivity contribution in [2.75, 3.05) is 13.1 Å². The minimum absolute atomic E-state index is 0.193. The number of hydrogen-bond acceptors (Lipinski definition) is 3. The van der Waals surface area contributed by atoms with Gasteiger partial charge >= 0.3 is 0 Å². The predicted molar refractivity (Wildman–Crippen MR) is 42.7 cm³/mol. The smallest absolute Gasteiger partial charge is 0.0761 e. The van der Waals surface area contributed by atoms with Crippen LogP contribution in [-0.4, -0.2) is 24.3 Å². The van der Waals surface area contributed by atoms with Crippen molar-refractivity contribution >= 4 is 0 Å². The fraction of sp³-hybridized carbons (Fsp3) is 1.00. The van der Waals surface area contributed by atoms with Crippen LogP contribution in [0.3, 0.4) is 0 Å². The van der Waals surface area contributed by atoms with Crippen LogP contribution in [0.4, 0.5) is 0 Å². The van der Waals surface area contributed by atoms with Crippen LogP contribution in [0.5, 0.6) is 0 Å². The molecule has 1 fully saturated rings.